The Labute approximate surface area is 137 Å². The Morgan fingerprint density at radius 2 is 1.96 bits per heavy atom. The van der Waals surface area contributed by atoms with Gasteiger partial charge in [-0.15, -0.1) is 6.58 Å². The van der Waals surface area contributed by atoms with Crippen LogP contribution in [0, 0.1) is 12.8 Å². The maximum atomic E-state index is 11.3. The molecule has 1 aliphatic rings. The lowest BCUT2D eigenvalue weighted by Gasteiger charge is -2.12. The Morgan fingerprint density at radius 1 is 1.43 bits per heavy atom. The van der Waals surface area contributed by atoms with Gasteiger partial charge < -0.3 is 10.5 Å². The van der Waals surface area contributed by atoms with Crippen molar-refractivity contribution in [1.82, 2.24) is 0 Å². The fourth-order valence-electron chi connectivity index (χ4n) is 1.87. The third-order valence-electron chi connectivity index (χ3n) is 3.39. The Bertz CT molecular complexity index is 666. The molecule has 6 nitrogen and oxygen atoms in total. The van der Waals surface area contributed by atoms with Gasteiger partial charge in [0.1, 0.15) is 5.54 Å². The minimum absolute atomic E-state index is 0.0666. The number of ether oxygens (including phenoxy) is 1. The van der Waals surface area contributed by atoms with Gasteiger partial charge in [0.15, 0.2) is 0 Å². The van der Waals surface area contributed by atoms with Crippen molar-refractivity contribution in [3.63, 3.8) is 0 Å². The van der Waals surface area contributed by atoms with Crippen LogP contribution in [0.1, 0.15) is 25.8 Å². The van der Waals surface area contributed by atoms with E-state index in [-0.39, 0.29) is 22.9 Å². The summed E-state index contributed by atoms with van der Waals surface area (Å²) in [6, 6.07) is 5.99. The first-order chi connectivity index (χ1) is 10.5. The molecule has 0 aliphatic heterocycles. The summed E-state index contributed by atoms with van der Waals surface area (Å²) in [6.07, 6.45) is 2.29. The molecule has 1 aromatic carbocycles. The molecule has 128 valence electrons. The molecule has 3 N–H and O–H groups in total. The van der Waals surface area contributed by atoms with Crippen molar-refractivity contribution in [2.75, 3.05) is 0 Å². The van der Waals surface area contributed by atoms with Gasteiger partial charge in [-0.25, -0.2) is 0 Å². The smallest absolute Gasteiger partial charge is 0.327 e. The maximum Gasteiger partial charge on any atom is 0.327 e. The largest absolute Gasteiger partial charge is 0.462 e. The van der Waals surface area contributed by atoms with Crippen molar-refractivity contribution in [2.24, 2.45) is 11.7 Å². The zero-order valence-corrected chi connectivity index (χ0v) is 14.3. The highest BCUT2D eigenvalue weighted by molar-refractivity contribution is 7.85. The van der Waals surface area contributed by atoms with Crippen molar-refractivity contribution in [3.05, 3.63) is 42.5 Å². The van der Waals surface area contributed by atoms with Crippen LogP contribution >= 0.6 is 0 Å². The molecule has 0 aromatic heterocycles. The molecule has 0 radical (unpaired) electrons. The number of hydrogen-bond acceptors (Lipinski definition) is 5. The number of rotatable bonds is 4. The van der Waals surface area contributed by atoms with Crippen LogP contribution in [0.2, 0.25) is 0 Å². The second-order valence-electron chi connectivity index (χ2n) is 5.83. The number of aryl methyl sites for hydroxylation is 1. The summed E-state index contributed by atoms with van der Waals surface area (Å²) in [5, 5.41) is 0. The summed E-state index contributed by atoms with van der Waals surface area (Å²) in [4.78, 5) is 11.2. The summed E-state index contributed by atoms with van der Waals surface area (Å²) in [5.41, 5.74) is 5.93. The molecule has 0 spiro atoms. The quantitative estimate of drug-likeness (QED) is 0.493. The Hall–Kier alpha value is -1.70. The van der Waals surface area contributed by atoms with Crippen molar-refractivity contribution in [2.45, 2.75) is 43.7 Å². The summed E-state index contributed by atoms with van der Waals surface area (Å²) in [7, 11) is -4.02. The fraction of sp³-hybridized carbons (Fsp3) is 0.438. The second kappa shape index (κ2) is 7.25. The van der Waals surface area contributed by atoms with Crippen molar-refractivity contribution in [1.29, 1.82) is 0 Å². The summed E-state index contributed by atoms with van der Waals surface area (Å²) < 4.78 is 34.5. The summed E-state index contributed by atoms with van der Waals surface area (Å²) in [6.45, 7) is 9.06. The monoisotopic (exact) mass is 341 g/mol. The highest BCUT2D eigenvalue weighted by Gasteiger charge is 2.56. The van der Waals surface area contributed by atoms with Crippen molar-refractivity contribution in [3.8, 4) is 0 Å². The third kappa shape index (κ3) is 5.46. The molecule has 0 bridgehead atoms. The third-order valence-corrected chi connectivity index (χ3v) is 4.25. The van der Waals surface area contributed by atoms with Crippen LogP contribution in [0.5, 0.6) is 0 Å². The van der Waals surface area contributed by atoms with E-state index >= 15 is 0 Å². The molecule has 7 heteroatoms. The average Bonchev–Trinajstić information content (AvgIpc) is 3.11. The number of carbonyl (C=O) groups excluding carboxylic acids is 1. The predicted molar refractivity (Wildman–Crippen MR) is 87.4 cm³/mol. The topological polar surface area (TPSA) is 107 Å². The van der Waals surface area contributed by atoms with E-state index < -0.39 is 15.7 Å². The standard InChI is InChI=1S/C9H15NO2.C7H8O3S/c1-4-7-5-9(7,10)8(11)12-6(2)3;1-6-2-4-7(5-3-6)11(8,9)10/h4,6-7H,1,5,10H2,2-3H3;2-5H,1H3,(H,8,9,10)/t7-,9-;/m1./s1. The second-order valence-corrected chi connectivity index (χ2v) is 7.25. The van der Waals surface area contributed by atoms with Crippen LogP contribution in [0.3, 0.4) is 0 Å². The van der Waals surface area contributed by atoms with E-state index in [2.05, 4.69) is 6.58 Å². The first kappa shape index (κ1) is 19.3. The molecule has 1 aliphatic carbocycles. The number of carbonyl (C=O) groups is 1. The van der Waals surface area contributed by atoms with Gasteiger partial charge in [0.2, 0.25) is 0 Å². The molecule has 23 heavy (non-hydrogen) atoms. The van der Waals surface area contributed by atoms with Gasteiger partial charge >= 0.3 is 5.97 Å². The predicted octanol–water partition coefficient (Wildman–Crippen LogP) is 2.08. The lowest BCUT2D eigenvalue weighted by atomic mass is 10.2. The Morgan fingerprint density at radius 3 is 2.30 bits per heavy atom. The lowest BCUT2D eigenvalue weighted by molar-refractivity contribution is -0.150. The van der Waals surface area contributed by atoms with Gasteiger partial charge in [0, 0.05) is 5.92 Å². The molecule has 1 fully saturated rings. The van der Waals surface area contributed by atoms with E-state index in [9.17, 15) is 13.2 Å². The number of benzene rings is 1. The molecular formula is C16H23NO5S. The maximum absolute atomic E-state index is 11.3. The highest BCUT2D eigenvalue weighted by Crippen LogP contribution is 2.42. The zero-order chi connectivity index (χ0) is 17.8. The molecular weight excluding hydrogens is 318 g/mol. The lowest BCUT2D eigenvalue weighted by Crippen LogP contribution is -2.38. The first-order valence-corrected chi connectivity index (χ1v) is 8.61. The van der Waals surface area contributed by atoms with Gasteiger partial charge in [-0.2, -0.15) is 8.42 Å². The average molecular weight is 341 g/mol. The molecule has 2 rings (SSSR count). The molecule has 1 saturated carbocycles. The van der Waals surface area contributed by atoms with Gasteiger partial charge in [-0.1, -0.05) is 23.8 Å². The molecule has 2 atom stereocenters. The van der Waals surface area contributed by atoms with Gasteiger partial charge in [0.05, 0.1) is 11.0 Å². The highest BCUT2D eigenvalue weighted by atomic mass is 32.2. The van der Waals surface area contributed by atoms with Gasteiger partial charge in [-0.3, -0.25) is 9.35 Å². The van der Waals surface area contributed by atoms with Crippen LogP contribution in [0.4, 0.5) is 0 Å². The van der Waals surface area contributed by atoms with Crippen LogP contribution in [0.25, 0.3) is 0 Å². The number of esters is 1. The fourth-order valence-corrected chi connectivity index (χ4v) is 2.35. The molecule has 0 saturated heterocycles. The minimum atomic E-state index is -4.02. The normalized spacial score (nSPS) is 22.8. The van der Waals surface area contributed by atoms with E-state index in [0.29, 0.717) is 6.42 Å². The van der Waals surface area contributed by atoms with E-state index in [1.807, 2.05) is 20.8 Å². The van der Waals surface area contributed by atoms with Crippen LogP contribution < -0.4 is 5.73 Å². The zero-order valence-electron chi connectivity index (χ0n) is 13.5. The summed E-state index contributed by atoms with van der Waals surface area (Å²) in [5.74, 6) is -0.203. The van der Waals surface area contributed by atoms with Crippen LogP contribution in [-0.4, -0.2) is 30.6 Å². The van der Waals surface area contributed by atoms with E-state index in [0.717, 1.165) is 5.56 Å². The molecule has 0 unspecified atom stereocenters. The molecule has 0 amide bonds. The molecule has 0 heterocycles. The minimum Gasteiger partial charge on any atom is -0.462 e. The van der Waals surface area contributed by atoms with Crippen molar-refractivity contribution < 1.29 is 22.5 Å². The van der Waals surface area contributed by atoms with Gasteiger partial charge in [0.25, 0.3) is 10.1 Å². The number of hydrogen-bond donors (Lipinski definition) is 2. The summed E-state index contributed by atoms with van der Waals surface area (Å²) >= 11 is 0. The van der Waals surface area contributed by atoms with Crippen molar-refractivity contribution >= 4 is 16.1 Å². The van der Waals surface area contributed by atoms with Crippen LogP contribution in [0.15, 0.2) is 41.8 Å². The van der Waals surface area contributed by atoms with E-state index in [1.165, 1.54) is 12.1 Å². The van der Waals surface area contributed by atoms with E-state index in [4.69, 9.17) is 15.0 Å². The van der Waals surface area contributed by atoms with Gasteiger partial charge in [-0.05, 0) is 39.3 Å². The SMILES string of the molecule is C=C[C@@H]1C[C@]1(N)C(=O)OC(C)C.Cc1ccc(S(=O)(=O)O)cc1. The number of nitrogens with two attached hydrogens (primary N) is 1. The molecule has 1 aromatic rings. The Balaban J connectivity index is 0.000000231. The van der Waals surface area contributed by atoms with Crippen LogP contribution in [-0.2, 0) is 19.6 Å². The Kier molecular flexibility index (Phi) is 6.10. The first-order valence-electron chi connectivity index (χ1n) is 7.17. The van der Waals surface area contributed by atoms with E-state index in [1.54, 1.807) is 18.2 Å².